The summed E-state index contributed by atoms with van der Waals surface area (Å²) in [5.41, 5.74) is 8.00. The predicted octanol–water partition coefficient (Wildman–Crippen LogP) is 0.732. The predicted molar refractivity (Wildman–Crippen MR) is 76.9 cm³/mol. The fourth-order valence-electron chi connectivity index (χ4n) is 2.48. The Bertz CT molecular complexity index is 498. The first kappa shape index (κ1) is 14.5. The number of amides is 2. The molecule has 0 radical (unpaired) electrons. The Kier molecular flexibility index (Phi) is 4.39. The fourth-order valence-corrected chi connectivity index (χ4v) is 2.48. The molecule has 3 N–H and O–H groups in total. The highest BCUT2D eigenvalue weighted by molar-refractivity contribution is 5.83. The van der Waals surface area contributed by atoms with Crippen molar-refractivity contribution in [3.05, 3.63) is 35.4 Å². The maximum Gasteiger partial charge on any atom is 0.244 e. The minimum atomic E-state index is -0.633. The van der Waals surface area contributed by atoms with Crippen LogP contribution in [0, 0.1) is 6.92 Å². The van der Waals surface area contributed by atoms with Crippen molar-refractivity contribution < 1.29 is 9.59 Å². The molecule has 0 saturated carbocycles. The maximum atomic E-state index is 12.4. The van der Waals surface area contributed by atoms with Gasteiger partial charge in [0, 0.05) is 26.1 Å². The number of carbonyl (C=O) groups is 2. The van der Waals surface area contributed by atoms with Crippen LogP contribution in [0.3, 0.4) is 0 Å². The van der Waals surface area contributed by atoms with Gasteiger partial charge in [0.25, 0.3) is 0 Å². The molecule has 0 spiro atoms. The van der Waals surface area contributed by atoms with Crippen LogP contribution in [0.5, 0.6) is 0 Å². The summed E-state index contributed by atoms with van der Waals surface area (Å²) < 4.78 is 0. The monoisotopic (exact) mass is 275 g/mol. The molecule has 5 heteroatoms. The molecular formula is C15H21N3O2. The lowest BCUT2D eigenvalue weighted by Gasteiger charge is -2.21. The van der Waals surface area contributed by atoms with E-state index in [9.17, 15) is 9.59 Å². The van der Waals surface area contributed by atoms with E-state index in [4.69, 9.17) is 5.73 Å². The van der Waals surface area contributed by atoms with Gasteiger partial charge in [-0.1, -0.05) is 29.8 Å². The molecule has 2 rings (SSSR count). The minimum absolute atomic E-state index is 0.0432. The van der Waals surface area contributed by atoms with E-state index in [1.807, 2.05) is 31.2 Å². The number of nitrogens with one attached hydrogen (secondary N) is 1. The number of carbonyl (C=O) groups excluding carboxylic acids is 2. The average Bonchev–Trinajstić information content (AvgIpc) is 2.85. The molecule has 1 fully saturated rings. The third kappa shape index (κ3) is 3.36. The van der Waals surface area contributed by atoms with Crippen molar-refractivity contribution in [2.45, 2.75) is 32.4 Å². The van der Waals surface area contributed by atoms with Crippen LogP contribution in [0.4, 0.5) is 0 Å². The molecule has 1 saturated heterocycles. The second-order valence-electron chi connectivity index (χ2n) is 5.36. The normalized spacial score (nSPS) is 19.8. The first-order chi connectivity index (χ1) is 9.47. The van der Waals surface area contributed by atoms with Gasteiger partial charge in [-0.25, -0.2) is 0 Å². The summed E-state index contributed by atoms with van der Waals surface area (Å²) in [6.07, 6.45) is 0.784. The minimum Gasteiger partial charge on any atom is -0.352 e. The Morgan fingerprint density at radius 2 is 2.00 bits per heavy atom. The van der Waals surface area contributed by atoms with E-state index >= 15 is 0 Å². The van der Waals surface area contributed by atoms with Gasteiger partial charge in [0.05, 0.1) is 0 Å². The molecule has 1 aromatic carbocycles. The number of benzene rings is 1. The SMILES string of the molecule is CC(=O)NC1CCN(C(=O)C(N)c2ccc(C)cc2)C1. The molecule has 108 valence electrons. The zero-order valence-electron chi connectivity index (χ0n) is 11.9. The van der Waals surface area contributed by atoms with Crippen molar-refractivity contribution in [2.75, 3.05) is 13.1 Å². The van der Waals surface area contributed by atoms with Gasteiger partial charge < -0.3 is 16.0 Å². The average molecular weight is 275 g/mol. The van der Waals surface area contributed by atoms with E-state index in [2.05, 4.69) is 5.32 Å². The first-order valence-electron chi connectivity index (χ1n) is 6.85. The number of rotatable bonds is 3. The zero-order chi connectivity index (χ0) is 14.7. The van der Waals surface area contributed by atoms with Crippen molar-refractivity contribution in [1.29, 1.82) is 0 Å². The summed E-state index contributed by atoms with van der Waals surface area (Å²) in [6, 6.07) is 7.09. The highest BCUT2D eigenvalue weighted by Gasteiger charge is 2.30. The van der Waals surface area contributed by atoms with E-state index in [1.165, 1.54) is 6.92 Å². The van der Waals surface area contributed by atoms with Crippen LogP contribution < -0.4 is 11.1 Å². The van der Waals surface area contributed by atoms with Crippen molar-refractivity contribution in [3.63, 3.8) is 0 Å². The van der Waals surface area contributed by atoms with Gasteiger partial charge in [-0.2, -0.15) is 0 Å². The molecule has 20 heavy (non-hydrogen) atoms. The molecule has 1 aromatic rings. The Morgan fingerprint density at radius 1 is 1.35 bits per heavy atom. The van der Waals surface area contributed by atoms with Gasteiger partial charge in [-0.15, -0.1) is 0 Å². The molecule has 1 aliphatic heterocycles. The van der Waals surface area contributed by atoms with Crippen LogP contribution >= 0.6 is 0 Å². The Labute approximate surface area is 119 Å². The third-order valence-corrected chi connectivity index (χ3v) is 3.61. The van der Waals surface area contributed by atoms with Crippen molar-refractivity contribution in [1.82, 2.24) is 10.2 Å². The first-order valence-corrected chi connectivity index (χ1v) is 6.85. The number of aryl methyl sites for hydroxylation is 1. The van der Waals surface area contributed by atoms with Gasteiger partial charge in [0.1, 0.15) is 6.04 Å². The van der Waals surface area contributed by atoms with E-state index in [0.29, 0.717) is 13.1 Å². The second kappa shape index (κ2) is 6.05. The molecule has 1 heterocycles. The summed E-state index contributed by atoms with van der Waals surface area (Å²) >= 11 is 0. The fraction of sp³-hybridized carbons (Fsp3) is 0.467. The molecule has 1 aliphatic rings. The van der Waals surface area contributed by atoms with E-state index in [-0.39, 0.29) is 17.9 Å². The summed E-state index contributed by atoms with van der Waals surface area (Å²) in [5.74, 6) is -0.145. The molecular weight excluding hydrogens is 254 g/mol. The molecule has 0 aromatic heterocycles. The largest absolute Gasteiger partial charge is 0.352 e. The van der Waals surface area contributed by atoms with Crippen LogP contribution in [0.1, 0.15) is 30.5 Å². The van der Waals surface area contributed by atoms with Gasteiger partial charge in [0.2, 0.25) is 11.8 Å². The lowest BCUT2D eigenvalue weighted by molar-refractivity contribution is -0.132. The molecule has 0 aliphatic carbocycles. The number of nitrogens with two attached hydrogens (primary N) is 1. The van der Waals surface area contributed by atoms with Gasteiger partial charge in [-0.05, 0) is 18.9 Å². The lowest BCUT2D eigenvalue weighted by atomic mass is 10.0. The lowest BCUT2D eigenvalue weighted by Crippen LogP contribution is -2.40. The molecule has 5 nitrogen and oxygen atoms in total. The van der Waals surface area contributed by atoms with Crippen LogP contribution in [-0.4, -0.2) is 35.8 Å². The summed E-state index contributed by atoms with van der Waals surface area (Å²) in [5, 5.41) is 2.84. The summed E-state index contributed by atoms with van der Waals surface area (Å²) in [6.45, 7) is 4.67. The van der Waals surface area contributed by atoms with Crippen LogP contribution in [0.25, 0.3) is 0 Å². The smallest absolute Gasteiger partial charge is 0.244 e. The topological polar surface area (TPSA) is 75.4 Å². The van der Waals surface area contributed by atoms with Gasteiger partial charge in [-0.3, -0.25) is 9.59 Å². The Hall–Kier alpha value is -1.88. The van der Waals surface area contributed by atoms with E-state index < -0.39 is 6.04 Å². The van der Waals surface area contributed by atoms with E-state index in [0.717, 1.165) is 17.5 Å². The third-order valence-electron chi connectivity index (χ3n) is 3.61. The molecule has 2 unspecified atom stereocenters. The number of hydrogen-bond acceptors (Lipinski definition) is 3. The van der Waals surface area contributed by atoms with E-state index in [1.54, 1.807) is 4.90 Å². The van der Waals surface area contributed by atoms with Gasteiger partial charge in [0.15, 0.2) is 0 Å². The molecule has 2 amide bonds. The van der Waals surface area contributed by atoms with Crippen molar-refractivity contribution in [3.8, 4) is 0 Å². The number of likely N-dealkylation sites (tertiary alicyclic amines) is 1. The van der Waals surface area contributed by atoms with Crippen LogP contribution in [-0.2, 0) is 9.59 Å². The quantitative estimate of drug-likeness (QED) is 0.854. The summed E-state index contributed by atoms with van der Waals surface area (Å²) in [4.78, 5) is 25.1. The number of nitrogens with zero attached hydrogens (tertiary/aromatic N) is 1. The van der Waals surface area contributed by atoms with Crippen LogP contribution in [0.15, 0.2) is 24.3 Å². The molecule has 0 bridgehead atoms. The number of hydrogen-bond donors (Lipinski definition) is 2. The molecule has 2 atom stereocenters. The second-order valence-corrected chi connectivity index (χ2v) is 5.36. The Morgan fingerprint density at radius 3 is 2.60 bits per heavy atom. The van der Waals surface area contributed by atoms with Gasteiger partial charge >= 0.3 is 0 Å². The highest BCUT2D eigenvalue weighted by Crippen LogP contribution is 2.18. The summed E-state index contributed by atoms with van der Waals surface area (Å²) in [7, 11) is 0. The maximum absolute atomic E-state index is 12.4. The standard InChI is InChI=1S/C15H21N3O2/c1-10-3-5-12(6-4-10)14(16)15(20)18-8-7-13(9-18)17-11(2)19/h3-6,13-14H,7-9,16H2,1-2H3,(H,17,19). The van der Waals surface area contributed by atoms with Crippen molar-refractivity contribution in [2.24, 2.45) is 5.73 Å². The highest BCUT2D eigenvalue weighted by atomic mass is 16.2. The van der Waals surface area contributed by atoms with Crippen LogP contribution in [0.2, 0.25) is 0 Å². The zero-order valence-corrected chi connectivity index (χ0v) is 11.9. The Balaban J connectivity index is 1.98. The van der Waals surface area contributed by atoms with Crippen molar-refractivity contribution >= 4 is 11.8 Å².